The smallest absolute Gasteiger partial charge is 0.335 e. The molecule has 0 unspecified atom stereocenters. The van der Waals surface area contributed by atoms with Gasteiger partial charge >= 0.3 is 5.97 Å². The fourth-order valence-corrected chi connectivity index (χ4v) is 7.58. The number of carboxylic acids is 1. The van der Waals surface area contributed by atoms with Crippen LogP contribution < -0.4 is 10.6 Å². The molecule has 0 aliphatic carbocycles. The largest absolute Gasteiger partial charge is 0.479 e. The second-order valence-electron chi connectivity index (χ2n) is 15.0. The van der Waals surface area contributed by atoms with E-state index in [0.29, 0.717) is 0 Å². The van der Waals surface area contributed by atoms with E-state index in [0.717, 1.165) is 13.8 Å². The molecular weight excluding hydrogens is 840 g/mol. The van der Waals surface area contributed by atoms with Gasteiger partial charge in [-0.05, 0) is 0 Å². The van der Waals surface area contributed by atoms with Crippen molar-refractivity contribution in [3.05, 3.63) is 0 Å². The van der Waals surface area contributed by atoms with Crippen molar-refractivity contribution in [1.29, 1.82) is 0 Å². The number of nitrogens with one attached hydrogen (secondary N) is 2. The first-order chi connectivity index (χ1) is 28.8. The summed E-state index contributed by atoms with van der Waals surface area (Å²) in [5.74, 6) is -3.31. The van der Waals surface area contributed by atoms with Gasteiger partial charge in [-0.25, -0.2) is 4.79 Å². The maximum Gasteiger partial charge on any atom is 0.335 e. The van der Waals surface area contributed by atoms with Crippen molar-refractivity contribution in [2.24, 2.45) is 0 Å². The Morgan fingerprint density at radius 2 is 0.869 bits per heavy atom. The molecule has 2 amide bonds. The van der Waals surface area contributed by atoms with E-state index in [2.05, 4.69) is 10.6 Å². The highest BCUT2D eigenvalue weighted by atomic mass is 16.8. The average Bonchev–Trinajstić information content (AvgIpc) is 3.51. The van der Waals surface area contributed by atoms with Gasteiger partial charge in [-0.2, -0.15) is 0 Å². The van der Waals surface area contributed by atoms with Gasteiger partial charge in [0.05, 0.1) is 26.4 Å². The monoisotopic (exact) mass is 894 g/mol. The van der Waals surface area contributed by atoms with Crippen LogP contribution in [0.4, 0.5) is 0 Å². The Bertz CT molecular complexity index is 1470. The second-order valence-corrected chi connectivity index (χ2v) is 15.0. The van der Waals surface area contributed by atoms with Gasteiger partial charge in [0.1, 0.15) is 110 Å². The summed E-state index contributed by atoms with van der Waals surface area (Å²) in [6.45, 7) is -1.51. The molecule has 5 saturated heterocycles. The zero-order valence-electron chi connectivity index (χ0n) is 32.3. The molecule has 0 aromatic heterocycles. The maximum absolute atomic E-state index is 12.5. The summed E-state index contributed by atoms with van der Waals surface area (Å²) >= 11 is 0. The van der Waals surface area contributed by atoms with Gasteiger partial charge < -0.3 is 125 Å². The quantitative estimate of drug-likeness (QED) is 0.0726. The minimum Gasteiger partial charge on any atom is -0.479 e. The highest BCUT2D eigenvalue weighted by Gasteiger charge is 2.58. The zero-order valence-corrected chi connectivity index (χ0v) is 32.3. The number of hydrogen-bond donors (Lipinski definition) is 16. The molecule has 16 N–H and O–H groups in total. The molecule has 0 saturated carbocycles. The van der Waals surface area contributed by atoms with Crippen molar-refractivity contribution in [2.75, 3.05) is 26.4 Å². The van der Waals surface area contributed by atoms with E-state index >= 15 is 0 Å². The highest BCUT2D eigenvalue weighted by molar-refractivity contribution is 5.74. The van der Waals surface area contributed by atoms with Crippen molar-refractivity contribution < 1.29 is 129 Å². The van der Waals surface area contributed by atoms with Crippen LogP contribution in [0.2, 0.25) is 0 Å². The molecule has 5 aliphatic heterocycles. The first-order valence-corrected chi connectivity index (χ1v) is 19.0. The predicted molar refractivity (Wildman–Crippen MR) is 184 cm³/mol. The lowest BCUT2D eigenvalue weighted by atomic mass is 9.95. The van der Waals surface area contributed by atoms with Gasteiger partial charge in [0.15, 0.2) is 37.6 Å². The van der Waals surface area contributed by atoms with Crippen molar-refractivity contribution >= 4 is 17.8 Å². The Balaban J connectivity index is 1.32. The number of hydrogen-bond acceptors (Lipinski definition) is 25. The molecule has 28 heteroatoms. The van der Waals surface area contributed by atoms with Gasteiger partial charge in [0.2, 0.25) is 11.8 Å². The van der Waals surface area contributed by atoms with E-state index in [1.54, 1.807) is 0 Å². The van der Waals surface area contributed by atoms with Crippen LogP contribution >= 0.6 is 0 Å². The van der Waals surface area contributed by atoms with Gasteiger partial charge in [-0.1, -0.05) is 0 Å². The maximum atomic E-state index is 12.5. The molecule has 0 spiro atoms. The summed E-state index contributed by atoms with van der Waals surface area (Å²) in [6.07, 6.45) is -41.7. The SMILES string of the molecule is CC(=O)N[C@@H]1[C@@H](O[C@@H]2O[C@H](CO)[C@H](O[C@@H]3O[C@H](CO)[C@@H](O)[C@H]3O[C@H]3O[C@H](C(=O)O)[C@H](O[C@H]4O[C@H](CO)[C@@H](O)[C@H](O)[C@H]4NC(C)=O)[C@H](O)[C@H]3O)[C@H](O)[C@H]2O)[C@@H](O)[C@@H](CO)O[C@H]1O. The Labute approximate surface area is 344 Å². The standard InChI is InChI=1S/C33H54N2O26/c1-7(40)34-13-18(45)15(42)9(3-36)54-30(13)59-25-20(47)22(49)32(61-27(25)28(50)51)60-26-17(44)11(5-38)55-33(26)57-23-12(6-39)56-31(21(48)19(23)46)58-24-14(35-8(2)41)29(52)53-10(4-37)16(24)43/h9-27,29-33,36-39,42-49,52H,3-6H2,1-2H3,(H,34,40)(H,35,41)(H,50,51)/t9-,10-,11-,12-,13-,14-,15-,16+,17-,18-,19-,20-,21-,22-,23+,24-,25-,26-,27+,29-,30-,31+,32+,33+/m1/s1. The Kier molecular flexibility index (Phi) is 17.1. The van der Waals surface area contributed by atoms with Crippen LogP contribution in [0, 0.1) is 0 Å². The molecule has 24 atom stereocenters. The van der Waals surface area contributed by atoms with Crippen molar-refractivity contribution in [2.45, 2.75) is 161 Å². The number of rotatable bonds is 15. The van der Waals surface area contributed by atoms with Gasteiger partial charge in [0, 0.05) is 13.8 Å². The molecule has 28 nitrogen and oxygen atoms in total. The Morgan fingerprint density at radius 3 is 1.43 bits per heavy atom. The number of amides is 2. The zero-order chi connectivity index (χ0) is 45.2. The molecular formula is C33H54N2O26. The van der Waals surface area contributed by atoms with Crippen LogP contribution in [0.1, 0.15) is 13.8 Å². The summed E-state index contributed by atoms with van der Waals surface area (Å²) in [7, 11) is 0. The normalized spacial score (nSPS) is 48.0. The lowest BCUT2D eigenvalue weighted by Crippen LogP contribution is -2.68. The number of carbonyl (C=O) groups is 3. The number of aliphatic carboxylic acids is 1. The van der Waals surface area contributed by atoms with Crippen molar-refractivity contribution in [3.63, 3.8) is 0 Å². The summed E-state index contributed by atoms with van der Waals surface area (Å²) in [4.78, 5) is 36.2. The summed E-state index contributed by atoms with van der Waals surface area (Å²) in [5.41, 5.74) is 0. The number of carbonyl (C=O) groups excluding carboxylic acids is 2. The molecule has 0 radical (unpaired) electrons. The van der Waals surface area contributed by atoms with Gasteiger partial charge in [-0.3, -0.25) is 9.59 Å². The predicted octanol–water partition coefficient (Wildman–Crippen LogP) is -10.9. The third-order valence-corrected chi connectivity index (χ3v) is 10.7. The molecule has 5 rings (SSSR count). The first-order valence-electron chi connectivity index (χ1n) is 19.0. The average molecular weight is 895 g/mol. The fraction of sp³-hybridized carbons (Fsp3) is 0.909. The van der Waals surface area contributed by atoms with E-state index in [1.807, 2.05) is 0 Å². The van der Waals surface area contributed by atoms with E-state index in [4.69, 9.17) is 42.6 Å². The summed E-state index contributed by atoms with van der Waals surface area (Å²) in [5, 5.41) is 152. The molecule has 5 aliphatic rings. The highest BCUT2D eigenvalue weighted by Crippen LogP contribution is 2.36. The summed E-state index contributed by atoms with van der Waals surface area (Å²) < 4.78 is 50.0. The van der Waals surface area contributed by atoms with Crippen LogP contribution in [0.3, 0.4) is 0 Å². The Hall–Kier alpha value is -2.47. The molecule has 352 valence electrons. The minimum atomic E-state index is -2.27. The van der Waals surface area contributed by atoms with Gasteiger partial charge in [0.25, 0.3) is 0 Å². The van der Waals surface area contributed by atoms with E-state index in [1.165, 1.54) is 0 Å². The van der Waals surface area contributed by atoms with Gasteiger partial charge in [-0.15, -0.1) is 0 Å². The molecule has 0 aromatic carbocycles. The number of ether oxygens (including phenoxy) is 9. The first kappa shape index (κ1) is 49.5. The van der Waals surface area contributed by atoms with Crippen LogP contribution in [0.25, 0.3) is 0 Å². The molecule has 0 bridgehead atoms. The van der Waals surface area contributed by atoms with Crippen LogP contribution in [-0.4, -0.2) is 263 Å². The molecule has 5 heterocycles. The number of aliphatic hydroxyl groups is 13. The fourth-order valence-electron chi connectivity index (χ4n) is 7.58. The topological polar surface area (TPSA) is 442 Å². The summed E-state index contributed by atoms with van der Waals surface area (Å²) in [6, 6.07) is -3.11. The molecule has 5 fully saturated rings. The third-order valence-electron chi connectivity index (χ3n) is 10.7. The minimum absolute atomic E-state index is 0.711. The van der Waals surface area contributed by atoms with Crippen LogP contribution in [0.5, 0.6) is 0 Å². The number of aliphatic hydroxyl groups excluding tert-OH is 13. The Morgan fingerprint density at radius 1 is 0.443 bits per heavy atom. The lowest BCUT2D eigenvalue weighted by molar-refractivity contribution is -0.367. The lowest BCUT2D eigenvalue weighted by Gasteiger charge is -2.47. The third kappa shape index (κ3) is 10.6. The molecule has 61 heavy (non-hydrogen) atoms. The number of carboxylic acid groups (broad SMARTS) is 1. The van der Waals surface area contributed by atoms with Crippen molar-refractivity contribution in [1.82, 2.24) is 10.6 Å². The van der Waals surface area contributed by atoms with E-state index < -0.39 is 192 Å². The van der Waals surface area contributed by atoms with E-state index in [9.17, 15) is 85.9 Å². The second kappa shape index (κ2) is 21.0. The van der Waals surface area contributed by atoms with Crippen LogP contribution in [0.15, 0.2) is 0 Å². The van der Waals surface area contributed by atoms with Crippen LogP contribution in [-0.2, 0) is 57.0 Å². The van der Waals surface area contributed by atoms with E-state index in [-0.39, 0.29) is 0 Å². The molecule has 0 aromatic rings. The van der Waals surface area contributed by atoms with Crippen molar-refractivity contribution in [3.8, 4) is 0 Å².